The lowest BCUT2D eigenvalue weighted by molar-refractivity contribution is 0.0930. The number of carbonyl (C=O) groups excluding carboxylic acids is 1. The zero-order chi connectivity index (χ0) is 18.8. The molecule has 0 saturated carbocycles. The molecule has 1 N–H and O–H groups in total. The van der Waals surface area contributed by atoms with Crippen molar-refractivity contribution >= 4 is 34.2 Å². The topological polar surface area (TPSA) is 58.1 Å². The number of hydrogen-bond acceptors (Lipinski definition) is 4. The van der Waals surface area contributed by atoms with Gasteiger partial charge < -0.3 is 10.2 Å². The van der Waals surface area contributed by atoms with Crippen LogP contribution in [-0.2, 0) is 0 Å². The van der Waals surface area contributed by atoms with E-state index in [9.17, 15) is 4.79 Å². The van der Waals surface area contributed by atoms with Gasteiger partial charge in [0.15, 0.2) is 0 Å². The van der Waals surface area contributed by atoms with Gasteiger partial charge in [0.1, 0.15) is 12.1 Å². The van der Waals surface area contributed by atoms with Gasteiger partial charge in [-0.2, -0.15) is 0 Å². The molecule has 0 radical (unpaired) electrons. The Morgan fingerprint density at radius 1 is 1.15 bits per heavy atom. The molecule has 4 rings (SSSR count). The van der Waals surface area contributed by atoms with Crippen LogP contribution < -0.4 is 10.2 Å². The number of nitrogens with zero attached hydrogens (tertiary/aromatic N) is 3. The molecule has 0 spiro atoms. The zero-order valence-corrected chi connectivity index (χ0v) is 15.9. The maximum atomic E-state index is 12.5. The van der Waals surface area contributed by atoms with Gasteiger partial charge in [0, 0.05) is 35.1 Å². The summed E-state index contributed by atoms with van der Waals surface area (Å²) in [5.41, 5.74) is 2.60. The average molecular weight is 381 g/mol. The molecule has 138 valence electrons. The van der Waals surface area contributed by atoms with Crippen molar-refractivity contribution in [1.82, 2.24) is 15.3 Å². The van der Waals surface area contributed by atoms with Crippen LogP contribution in [0.25, 0.3) is 10.9 Å². The highest BCUT2D eigenvalue weighted by molar-refractivity contribution is 6.31. The summed E-state index contributed by atoms with van der Waals surface area (Å²) in [5, 5.41) is 4.85. The number of carbonyl (C=O) groups is 1. The van der Waals surface area contributed by atoms with Crippen molar-refractivity contribution in [2.24, 2.45) is 0 Å². The van der Waals surface area contributed by atoms with Crippen molar-refractivity contribution in [1.29, 1.82) is 0 Å². The Hall–Kier alpha value is -2.66. The average Bonchev–Trinajstić information content (AvgIpc) is 2.68. The van der Waals surface area contributed by atoms with Crippen molar-refractivity contribution in [3.05, 3.63) is 64.9 Å². The summed E-state index contributed by atoms with van der Waals surface area (Å²) < 4.78 is 0. The first-order valence-electron chi connectivity index (χ1n) is 9.13. The van der Waals surface area contributed by atoms with Crippen molar-refractivity contribution in [2.45, 2.75) is 25.8 Å². The molecule has 0 atom stereocenters. The summed E-state index contributed by atoms with van der Waals surface area (Å²) in [4.78, 5) is 23.6. The molecule has 0 aliphatic carbocycles. The van der Waals surface area contributed by atoms with Crippen LogP contribution in [0.5, 0.6) is 0 Å². The van der Waals surface area contributed by atoms with Gasteiger partial charge in [0.2, 0.25) is 0 Å². The summed E-state index contributed by atoms with van der Waals surface area (Å²) in [6, 6.07) is 13.6. The fraction of sp³-hybridized carbons (Fsp3) is 0.286. The molecule has 27 heavy (non-hydrogen) atoms. The lowest BCUT2D eigenvalue weighted by Crippen LogP contribution is -2.45. The van der Waals surface area contributed by atoms with E-state index in [2.05, 4.69) is 20.2 Å². The normalized spacial score (nSPS) is 15.1. The van der Waals surface area contributed by atoms with Gasteiger partial charge in [-0.25, -0.2) is 9.97 Å². The molecule has 1 aromatic heterocycles. The van der Waals surface area contributed by atoms with Gasteiger partial charge in [0.25, 0.3) is 5.91 Å². The number of benzene rings is 2. The van der Waals surface area contributed by atoms with E-state index < -0.39 is 0 Å². The molecule has 0 bridgehead atoms. The Labute approximate surface area is 163 Å². The van der Waals surface area contributed by atoms with Crippen molar-refractivity contribution in [2.75, 3.05) is 18.0 Å². The third kappa shape index (κ3) is 3.74. The van der Waals surface area contributed by atoms with Crippen LogP contribution in [0.15, 0.2) is 48.8 Å². The Morgan fingerprint density at radius 2 is 1.93 bits per heavy atom. The maximum Gasteiger partial charge on any atom is 0.251 e. The molecule has 2 aromatic carbocycles. The van der Waals surface area contributed by atoms with E-state index in [-0.39, 0.29) is 11.9 Å². The molecule has 3 aromatic rings. The smallest absolute Gasteiger partial charge is 0.251 e. The lowest BCUT2D eigenvalue weighted by Gasteiger charge is -2.33. The summed E-state index contributed by atoms with van der Waals surface area (Å²) in [6.07, 6.45) is 3.35. The fourth-order valence-corrected chi connectivity index (χ4v) is 3.76. The van der Waals surface area contributed by atoms with E-state index in [1.807, 2.05) is 49.4 Å². The van der Waals surface area contributed by atoms with Gasteiger partial charge in [-0.1, -0.05) is 29.8 Å². The Balaban J connectivity index is 1.44. The molecule has 2 heterocycles. The molecule has 0 unspecified atom stereocenters. The predicted molar refractivity (Wildman–Crippen MR) is 108 cm³/mol. The number of nitrogens with one attached hydrogen (secondary N) is 1. The minimum Gasteiger partial charge on any atom is -0.356 e. The van der Waals surface area contributed by atoms with E-state index in [0.29, 0.717) is 5.02 Å². The second kappa shape index (κ2) is 7.53. The van der Waals surface area contributed by atoms with Crippen LogP contribution >= 0.6 is 11.6 Å². The highest BCUT2D eigenvalue weighted by atomic mass is 35.5. The number of fused-ring (bicyclic) bond motifs is 1. The summed E-state index contributed by atoms with van der Waals surface area (Å²) in [6.45, 7) is 3.64. The third-order valence-corrected chi connectivity index (χ3v) is 5.33. The van der Waals surface area contributed by atoms with Crippen LogP contribution in [0.4, 0.5) is 5.82 Å². The highest BCUT2D eigenvalue weighted by Gasteiger charge is 2.23. The first-order chi connectivity index (χ1) is 13.1. The second-order valence-corrected chi connectivity index (χ2v) is 7.34. The van der Waals surface area contributed by atoms with Gasteiger partial charge in [-0.15, -0.1) is 0 Å². The van der Waals surface area contributed by atoms with Gasteiger partial charge >= 0.3 is 0 Å². The molecule has 1 saturated heterocycles. The third-order valence-electron chi connectivity index (χ3n) is 5.10. The minimum atomic E-state index is 0.00803. The minimum absolute atomic E-state index is 0.00803. The van der Waals surface area contributed by atoms with Crippen molar-refractivity contribution in [3.8, 4) is 0 Å². The Morgan fingerprint density at radius 3 is 2.70 bits per heavy atom. The highest BCUT2D eigenvalue weighted by Crippen LogP contribution is 2.27. The summed E-state index contributed by atoms with van der Waals surface area (Å²) in [5.74, 6) is 0.939. The maximum absolute atomic E-state index is 12.5. The predicted octanol–water partition coefficient (Wildman–Crippen LogP) is 3.99. The number of hydrogen-bond donors (Lipinski definition) is 1. The van der Waals surface area contributed by atoms with E-state index >= 15 is 0 Å². The first kappa shape index (κ1) is 17.7. The van der Waals surface area contributed by atoms with E-state index in [0.717, 1.165) is 53.8 Å². The summed E-state index contributed by atoms with van der Waals surface area (Å²) >= 11 is 6.07. The van der Waals surface area contributed by atoms with Crippen LogP contribution in [0.2, 0.25) is 5.02 Å². The van der Waals surface area contributed by atoms with Crippen LogP contribution in [-0.4, -0.2) is 35.0 Å². The van der Waals surface area contributed by atoms with E-state index in [1.165, 1.54) is 0 Å². The quantitative estimate of drug-likeness (QED) is 0.746. The first-order valence-corrected chi connectivity index (χ1v) is 9.51. The molecule has 5 nitrogen and oxygen atoms in total. The lowest BCUT2D eigenvalue weighted by atomic mass is 10.0. The van der Waals surface area contributed by atoms with Crippen LogP contribution in [0.1, 0.15) is 28.8 Å². The molecule has 1 aliphatic heterocycles. The number of amides is 1. The number of rotatable bonds is 3. The zero-order valence-electron chi connectivity index (χ0n) is 15.2. The monoisotopic (exact) mass is 380 g/mol. The fourth-order valence-electron chi connectivity index (χ4n) is 3.59. The largest absolute Gasteiger partial charge is 0.356 e. The molecular weight excluding hydrogens is 360 g/mol. The summed E-state index contributed by atoms with van der Waals surface area (Å²) in [7, 11) is 0. The Kier molecular flexibility index (Phi) is 4.94. The number of piperidine rings is 1. The SMILES string of the molecule is Cc1ccccc1C(=O)NC1CCN(c2ncnc3cc(Cl)ccc23)CC1. The molecule has 1 aliphatic rings. The van der Waals surface area contributed by atoms with Gasteiger partial charge in [-0.05, 0) is 49.6 Å². The number of aromatic nitrogens is 2. The van der Waals surface area contributed by atoms with Gasteiger partial charge in [0.05, 0.1) is 5.52 Å². The Bertz CT molecular complexity index is 983. The van der Waals surface area contributed by atoms with Crippen molar-refractivity contribution < 1.29 is 4.79 Å². The standard InChI is InChI=1S/C21H21ClN4O/c1-14-4-2-3-5-17(14)21(27)25-16-8-10-26(11-9-16)20-18-7-6-15(22)12-19(18)23-13-24-20/h2-7,12-13,16H,8-11H2,1H3,(H,25,27). The number of halogens is 1. The van der Waals surface area contributed by atoms with E-state index in [4.69, 9.17) is 11.6 Å². The second-order valence-electron chi connectivity index (χ2n) is 6.91. The molecule has 6 heteroatoms. The number of anilines is 1. The molecule has 1 fully saturated rings. The molecular formula is C21H21ClN4O. The number of aryl methyl sites for hydroxylation is 1. The molecule has 1 amide bonds. The van der Waals surface area contributed by atoms with E-state index in [1.54, 1.807) is 6.33 Å². The van der Waals surface area contributed by atoms with Gasteiger partial charge in [-0.3, -0.25) is 4.79 Å². The van der Waals surface area contributed by atoms with Crippen molar-refractivity contribution in [3.63, 3.8) is 0 Å². The van der Waals surface area contributed by atoms with Crippen LogP contribution in [0, 0.1) is 6.92 Å². The van der Waals surface area contributed by atoms with Crippen LogP contribution in [0.3, 0.4) is 0 Å².